The Kier molecular flexibility index (Phi) is 7.55. The highest BCUT2D eigenvalue weighted by Crippen LogP contribution is 2.19. The van der Waals surface area contributed by atoms with Gasteiger partial charge in [-0.1, -0.05) is 12.1 Å². The molecule has 1 aromatic carbocycles. The molecule has 1 aromatic rings. The summed E-state index contributed by atoms with van der Waals surface area (Å²) < 4.78 is 0. The first-order valence-corrected chi connectivity index (χ1v) is 5.58. The fourth-order valence-corrected chi connectivity index (χ4v) is 2.30. The van der Waals surface area contributed by atoms with E-state index in [1.165, 1.54) is 18.4 Å². The van der Waals surface area contributed by atoms with Crippen molar-refractivity contribution in [1.29, 1.82) is 0 Å². The van der Waals surface area contributed by atoms with Crippen LogP contribution in [-0.2, 0) is 6.54 Å². The van der Waals surface area contributed by atoms with Crippen LogP contribution in [0.4, 0.5) is 5.69 Å². The van der Waals surface area contributed by atoms with Crippen molar-refractivity contribution in [2.45, 2.75) is 25.4 Å². The fourth-order valence-electron chi connectivity index (χ4n) is 2.30. The molecule has 0 radical (unpaired) electrons. The van der Waals surface area contributed by atoms with Gasteiger partial charge >= 0.3 is 0 Å². The van der Waals surface area contributed by atoms with Gasteiger partial charge in [0, 0.05) is 24.8 Å². The van der Waals surface area contributed by atoms with Gasteiger partial charge in [-0.3, -0.25) is 4.90 Å². The lowest BCUT2D eigenvalue weighted by atomic mass is 10.1. The standard InChI is InChI=1S/C12H19N3.2ClH/c13-8-12-5-2-6-15(12)9-10-3-1-4-11(14)7-10;;/h1,3-4,7,12H,2,5-6,8-9,13-14H2;2*1H. The quantitative estimate of drug-likeness (QED) is 0.832. The SMILES string of the molecule is Cl.Cl.NCC1CCCN1Cc1cccc(N)c1. The van der Waals surface area contributed by atoms with Crippen LogP contribution < -0.4 is 11.5 Å². The first-order chi connectivity index (χ1) is 7.29. The van der Waals surface area contributed by atoms with Crippen LogP contribution in [0.5, 0.6) is 0 Å². The van der Waals surface area contributed by atoms with E-state index in [2.05, 4.69) is 11.0 Å². The lowest BCUT2D eigenvalue weighted by molar-refractivity contribution is 0.250. The van der Waals surface area contributed by atoms with Gasteiger partial charge in [0.15, 0.2) is 0 Å². The summed E-state index contributed by atoms with van der Waals surface area (Å²) in [5.74, 6) is 0. The Morgan fingerprint density at radius 3 is 2.71 bits per heavy atom. The maximum atomic E-state index is 5.76. The Hall–Kier alpha value is -0.480. The lowest BCUT2D eigenvalue weighted by Crippen LogP contribution is -2.34. The molecule has 3 nitrogen and oxygen atoms in total. The topological polar surface area (TPSA) is 55.3 Å². The monoisotopic (exact) mass is 277 g/mol. The van der Waals surface area contributed by atoms with Crippen LogP contribution >= 0.6 is 24.8 Å². The van der Waals surface area contributed by atoms with Gasteiger partial charge in [-0.15, -0.1) is 24.8 Å². The summed E-state index contributed by atoms with van der Waals surface area (Å²) in [6.07, 6.45) is 2.50. The zero-order valence-corrected chi connectivity index (χ0v) is 11.5. The molecule has 98 valence electrons. The van der Waals surface area contributed by atoms with Crippen LogP contribution in [-0.4, -0.2) is 24.0 Å². The van der Waals surface area contributed by atoms with E-state index in [-0.39, 0.29) is 24.8 Å². The average molecular weight is 278 g/mol. The molecule has 0 aromatic heterocycles. The number of hydrogen-bond acceptors (Lipinski definition) is 3. The number of nitrogens with zero attached hydrogens (tertiary/aromatic N) is 1. The second-order valence-electron chi connectivity index (χ2n) is 4.25. The molecule has 17 heavy (non-hydrogen) atoms. The molecule has 1 saturated heterocycles. The highest BCUT2D eigenvalue weighted by molar-refractivity contribution is 5.85. The van der Waals surface area contributed by atoms with Gasteiger partial charge in [0.25, 0.3) is 0 Å². The number of nitrogens with two attached hydrogens (primary N) is 2. The zero-order chi connectivity index (χ0) is 10.7. The largest absolute Gasteiger partial charge is 0.399 e. The number of rotatable bonds is 3. The van der Waals surface area contributed by atoms with Crippen molar-refractivity contribution in [2.75, 3.05) is 18.8 Å². The third kappa shape index (κ3) is 4.36. The molecule has 0 aliphatic carbocycles. The molecule has 1 unspecified atom stereocenters. The smallest absolute Gasteiger partial charge is 0.0317 e. The molecule has 5 heteroatoms. The molecule has 0 saturated carbocycles. The van der Waals surface area contributed by atoms with Gasteiger partial charge in [0.05, 0.1) is 0 Å². The molecule has 1 heterocycles. The van der Waals surface area contributed by atoms with Crippen LogP contribution in [0, 0.1) is 0 Å². The summed E-state index contributed by atoms with van der Waals surface area (Å²) in [4.78, 5) is 2.45. The van der Waals surface area contributed by atoms with Crippen LogP contribution in [0.15, 0.2) is 24.3 Å². The van der Waals surface area contributed by atoms with Gasteiger partial charge in [0.2, 0.25) is 0 Å². The van der Waals surface area contributed by atoms with Gasteiger partial charge in [-0.25, -0.2) is 0 Å². The van der Waals surface area contributed by atoms with E-state index in [0.29, 0.717) is 6.04 Å². The van der Waals surface area contributed by atoms with E-state index in [1.54, 1.807) is 0 Å². The maximum absolute atomic E-state index is 5.76. The Labute approximate surface area is 115 Å². The summed E-state index contributed by atoms with van der Waals surface area (Å²) in [5, 5.41) is 0. The summed E-state index contributed by atoms with van der Waals surface area (Å²) in [6.45, 7) is 2.91. The third-order valence-electron chi connectivity index (χ3n) is 3.11. The van der Waals surface area contributed by atoms with Crippen molar-refractivity contribution in [3.8, 4) is 0 Å². The predicted molar refractivity (Wildman–Crippen MR) is 77.8 cm³/mol. The minimum atomic E-state index is 0. The third-order valence-corrected chi connectivity index (χ3v) is 3.11. The first kappa shape index (κ1) is 16.5. The second kappa shape index (κ2) is 7.77. The fraction of sp³-hybridized carbons (Fsp3) is 0.500. The van der Waals surface area contributed by atoms with Crippen molar-refractivity contribution >= 4 is 30.5 Å². The number of hydrogen-bond donors (Lipinski definition) is 2. The molecular weight excluding hydrogens is 257 g/mol. The number of halogens is 2. The van der Waals surface area contributed by atoms with E-state index >= 15 is 0 Å². The number of nitrogen functional groups attached to an aromatic ring is 1. The lowest BCUT2D eigenvalue weighted by Gasteiger charge is -2.23. The summed E-state index contributed by atoms with van der Waals surface area (Å²) in [7, 11) is 0. The normalized spacial score (nSPS) is 19.5. The molecule has 1 aliphatic rings. The molecule has 0 bridgehead atoms. The van der Waals surface area contributed by atoms with Crippen molar-refractivity contribution in [2.24, 2.45) is 5.73 Å². The van der Waals surface area contributed by atoms with Crippen LogP contribution in [0.3, 0.4) is 0 Å². The van der Waals surface area contributed by atoms with Crippen molar-refractivity contribution in [1.82, 2.24) is 4.90 Å². The minimum absolute atomic E-state index is 0. The van der Waals surface area contributed by atoms with E-state index in [4.69, 9.17) is 11.5 Å². The zero-order valence-electron chi connectivity index (χ0n) is 9.84. The summed E-state index contributed by atoms with van der Waals surface area (Å²) >= 11 is 0. The van der Waals surface area contributed by atoms with Crippen molar-refractivity contribution < 1.29 is 0 Å². The molecule has 0 spiro atoms. The maximum Gasteiger partial charge on any atom is 0.0317 e. The minimum Gasteiger partial charge on any atom is -0.399 e. The average Bonchev–Trinajstić information content (AvgIpc) is 2.65. The molecule has 1 atom stereocenters. The number of benzene rings is 1. The van der Waals surface area contributed by atoms with Crippen LogP contribution in [0.2, 0.25) is 0 Å². The summed E-state index contributed by atoms with van der Waals surface area (Å²) in [5.41, 5.74) is 13.6. The van der Waals surface area contributed by atoms with E-state index < -0.39 is 0 Å². The van der Waals surface area contributed by atoms with Crippen molar-refractivity contribution in [3.63, 3.8) is 0 Å². The van der Waals surface area contributed by atoms with Crippen molar-refractivity contribution in [3.05, 3.63) is 29.8 Å². The molecule has 2 rings (SSSR count). The molecule has 1 aliphatic heterocycles. The van der Waals surface area contributed by atoms with Gasteiger partial charge in [-0.2, -0.15) is 0 Å². The second-order valence-corrected chi connectivity index (χ2v) is 4.25. The highest BCUT2D eigenvalue weighted by atomic mass is 35.5. The molecule has 0 amide bonds. The predicted octanol–water partition coefficient (Wildman–Crippen LogP) is 2.04. The Balaban J connectivity index is 0.00000128. The first-order valence-electron chi connectivity index (χ1n) is 5.58. The summed E-state index contributed by atoms with van der Waals surface area (Å²) in [6, 6.07) is 8.67. The van der Waals surface area contributed by atoms with Gasteiger partial charge < -0.3 is 11.5 Å². The Morgan fingerprint density at radius 1 is 1.29 bits per heavy atom. The highest BCUT2D eigenvalue weighted by Gasteiger charge is 2.22. The molecular formula is C12H21Cl2N3. The van der Waals surface area contributed by atoms with E-state index in [0.717, 1.165) is 25.3 Å². The van der Waals surface area contributed by atoms with Gasteiger partial charge in [-0.05, 0) is 37.1 Å². The van der Waals surface area contributed by atoms with E-state index in [1.807, 2.05) is 18.2 Å². The number of likely N-dealkylation sites (tertiary alicyclic amines) is 1. The Bertz CT molecular complexity index is 333. The Morgan fingerprint density at radius 2 is 2.06 bits per heavy atom. The molecule has 1 fully saturated rings. The van der Waals surface area contributed by atoms with Crippen LogP contribution in [0.25, 0.3) is 0 Å². The van der Waals surface area contributed by atoms with Gasteiger partial charge in [0.1, 0.15) is 0 Å². The van der Waals surface area contributed by atoms with E-state index in [9.17, 15) is 0 Å². The number of anilines is 1. The molecule has 4 N–H and O–H groups in total. The van der Waals surface area contributed by atoms with Crippen LogP contribution in [0.1, 0.15) is 18.4 Å².